The maximum Gasteiger partial charge on any atom is 0.408 e. The minimum atomic E-state index is -1.37. The summed E-state index contributed by atoms with van der Waals surface area (Å²) in [5.41, 5.74) is -0.139. The number of hydrogen-bond acceptors (Lipinski definition) is 7. The lowest BCUT2D eigenvalue weighted by Crippen LogP contribution is -2.54. The van der Waals surface area contributed by atoms with Gasteiger partial charge in [0, 0.05) is 17.8 Å². The number of rotatable bonds is 14. The summed E-state index contributed by atoms with van der Waals surface area (Å²) in [6, 6.07) is 10.4. The maximum absolute atomic E-state index is 13.9. The molecule has 0 radical (unpaired) electrons. The Morgan fingerprint density at radius 3 is 2.20 bits per heavy atom. The molecule has 40 heavy (non-hydrogen) atoms. The number of aliphatic hydroxyl groups excluding tert-OH is 1. The van der Waals surface area contributed by atoms with E-state index >= 15 is 0 Å². The van der Waals surface area contributed by atoms with Crippen LogP contribution in [0.15, 0.2) is 48.5 Å². The van der Waals surface area contributed by atoms with E-state index in [0.29, 0.717) is 17.9 Å². The number of aromatic hydroxyl groups is 1. The highest BCUT2D eigenvalue weighted by molar-refractivity contribution is 5.99. The molecule has 2 unspecified atom stereocenters. The Morgan fingerprint density at radius 1 is 0.975 bits per heavy atom. The number of carbonyl (C=O) groups is 3. The van der Waals surface area contributed by atoms with Crippen molar-refractivity contribution in [1.82, 2.24) is 10.2 Å². The van der Waals surface area contributed by atoms with E-state index in [4.69, 9.17) is 9.47 Å². The molecule has 0 saturated carbocycles. The molecule has 0 bridgehead atoms. The number of alkyl carbamates (subject to hydrolysis) is 1. The molecule has 10 nitrogen and oxygen atoms in total. The van der Waals surface area contributed by atoms with E-state index in [2.05, 4.69) is 17.6 Å². The van der Waals surface area contributed by atoms with Crippen LogP contribution in [0.2, 0.25) is 0 Å². The predicted octanol–water partition coefficient (Wildman–Crippen LogP) is 4.77. The van der Waals surface area contributed by atoms with Gasteiger partial charge in [0.1, 0.15) is 29.2 Å². The third-order valence-corrected chi connectivity index (χ3v) is 6.11. The number of hydrogen-bond donors (Lipinski definition) is 4. The average Bonchev–Trinajstić information content (AvgIpc) is 2.90. The molecule has 0 spiro atoms. The third kappa shape index (κ3) is 10.1. The van der Waals surface area contributed by atoms with Gasteiger partial charge in [-0.15, -0.1) is 0 Å². The number of carbonyl (C=O) groups excluding carboxylic acids is 3. The number of aliphatic hydroxyl groups is 1. The second kappa shape index (κ2) is 15.7. The number of methoxy groups -OCH3 is 1. The Hall–Kier alpha value is -3.79. The van der Waals surface area contributed by atoms with Crippen LogP contribution >= 0.6 is 0 Å². The van der Waals surface area contributed by atoms with Crippen molar-refractivity contribution in [2.24, 2.45) is 0 Å². The maximum atomic E-state index is 13.9. The van der Waals surface area contributed by atoms with Crippen molar-refractivity contribution in [2.75, 3.05) is 25.6 Å². The van der Waals surface area contributed by atoms with Crippen LogP contribution in [0.3, 0.4) is 0 Å². The van der Waals surface area contributed by atoms with Gasteiger partial charge in [-0.3, -0.25) is 9.59 Å². The normalized spacial score (nSPS) is 12.7. The summed E-state index contributed by atoms with van der Waals surface area (Å²) in [5, 5.41) is 26.1. The van der Waals surface area contributed by atoms with Gasteiger partial charge >= 0.3 is 6.09 Å². The summed E-state index contributed by atoms with van der Waals surface area (Å²) in [7, 11) is 1.54. The summed E-state index contributed by atoms with van der Waals surface area (Å²) in [4.78, 5) is 41.4. The second-order valence-corrected chi connectivity index (χ2v) is 10.5. The fourth-order valence-electron chi connectivity index (χ4n) is 4.14. The van der Waals surface area contributed by atoms with E-state index < -0.39 is 42.2 Å². The zero-order chi connectivity index (χ0) is 29.7. The number of para-hydroxylation sites is 1. The number of anilines is 1. The molecule has 2 aromatic rings. The van der Waals surface area contributed by atoms with E-state index in [0.717, 1.165) is 25.7 Å². The molecule has 0 fully saturated rings. The number of nitrogens with zero attached hydrogens (tertiary/aromatic N) is 1. The number of ether oxygens (including phenoxy) is 2. The summed E-state index contributed by atoms with van der Waals surface area (Å²) < 4.78 is 10.5. The summed E-state index contributed by atoms with van der Waals surface area (Å²) >= 11 is 0. The largest absolute Gasteiger partial charge is 0.508 e. The predicted molar refractivity (Wildman–Crippen MR) is 153 cm³/mol. The van der Waals surface area contributed by atoms with Gasteiger partial charge in [-0.2, -0.15) is 0 Å². The molecule has 2 rings (SSSR count). The Bertz CT molecular complexity index is 1100. The zero-order valence-electron chi connectivity index (χ0n) is 24.1. The first-order valence-corrected chi connectivity index (χ1v) is 13.6. The highest BCUT2D eigenvalue weighted by Crippen LogP contribution is 2.31. The van der Waals surface area contributed by atoms with Crippen LogP contribution in [-0.4, -0.2) is 64.9 Å². The Morgan fingerprint density at radius 2 is 1.62 bits per heavy atom. The SMILES string of the molecule is CCCCCCCN(C(=O)C(CO)NC(=O)OC(C)(C)C)C(C(=O)Nc1ccc(OC)cc1)c1ccccc1O. The van der Waals surface area contributed by atoms with Crippen molar-refractivity contribution in [3.63, 3.8) is 0 Å². The second-order valence-electron chi connectivity index (χ2n) is 10.5. The van der Waals surface area contributed by atoms with E-state index in [-0.39, 0.29) is 17.9 Å². The lowest BCUT2D eigenvalue weighted by atomic mass is 10.0. The van der Waals surface area contributed by atoms with E-state index in [1.165, 1.54) is 18.1 Å². The quantitative estimate of drug-likeness (QED) is 0.246. The van der Waals surface area contributed by atoms with Crippen LogP contribution in [0.5, 0.6) is 11.5 Å². The first-order chi connectivity index (χ1) is 19.0. The van der Waals surface area contributed by atoms with Crippen LogP contribution < -0.4 is 15.4 Å². The summed E-state index contributed by atoms with van der Waals surface area (Å²) in [6.07, 6.45) is 3.56. The Labute approximate surface area is 236 Å². The van der Waals surface area contributed by atoms with Crippen LogP contribution in [0, 0.1) is 0 Å². The molecular weight excluding hydrogens is 514 g/mol. The molecule has 4 N–H and O–H groups in total. The molecule has 0 aliphatic rings. The standard InChI is InChI=1S/C30H43N3O7/c1-6-7-8-9-12-19-33(28(37)24(20-34)32-29(38)40-30(2,3)4)26(23-13-10-11-14-25(23)35)27(36)31-21-15-17-22(39-5)18-16-21/h10-11,13-18,24,26,34-35H,6-9,12,19-20H2,1-5H3,(H,31,36)(H,32,38). The molecule has 0 aromatic heterocycles. The molecule has 0 aliphatic carbocycles. The molecule has 0 aliphatic heterocycles. The molecule has 220 valence electrons. The van der Waals surface area contributed by atoms with Gasteiger partial charge in [0.25, 0.3) is 5.91 Å². The van der Waals surface area contributed by atoms with Crippen molar-refractivity contribution in [3.05, 3.63) is 54.1 Å². The lowest BCUT2D eigenvalue weighted by molar-refractivity contribution is -0.141. The van der Waals surface area contributed by atoms with Gasteiger partial charge in [-0.1, -0.05) is 50.8 Å². The molecular formula is C30H43N3O7. The van der Waals surface area contributed by atoms with Crippen LogP contribution in [-0.2, 0) is 14.3 Å². The molecule has 10 heteroatoms. The van der Waals surface area contributed by atoms with Crippen molar-refractivity contribution >= 4 is 23.6 Å². The monoisotopic (exact) mass is 557 g/mol. The number of phenols is 1. The number of nitrogens with one attached hydrogen (secondary N) is 2. The van der Waals surface area contributed by atoms with Crippen molar-refractivity contribution < 1.29 is 34.1 Å². The number of benzene rings is 2. The molecule has 2 aromatic carbocycles. The molecule has 0 heterocycles. The minimum absolute atomic E-state index is 0.157. The van der Waals surface area contributed by atoms with Gasteiger partial charge in [-0.25, -0.2) is 4.79 Å². The van der Waals surface area contributed by atoms with E-state index in [1.54, 1.807) is 63.2 Å². The van der Waals surface area contributed by atoms with Crippen LogP contribution in [0.25, 0.3) is 0 Å². The van der Waals surface area contributed by atoms with Gasteiger partial charge < -0.3 is 35.2 Å². The highest BCUT2D eigenvalue weighted by atomic mass is 16.6. The van der Waals surface area contributed by atoms with E-state index in [1.807, 2.05) is 0 Å². The molecule has 2 atom stereocenters. The van der Waals surface area contributed by atoms with E-state index in [9.17, 15) is 24.6 Å². The average molecular weight is 558 g/mol. The topological polar surface area (TPSA) is 137 Å². The van der Waals surface area contributed by atoms with Crippen molar-refractivity contribution in [1.29, 1.82) is 0 Å². The number of phenolic OH excluding ortho intramolecular Hbond substituents is 1. The van der Waals surface area contributed by atoms with Crippen LogP contribution in [0.4, 0.5) is 10.5 Å². The fourth-order valence-corrected chi connectivity index (χ4v) is 4.14. The molecule has 3 amide bonds. The third-order valence-electron chi connectivity index (χ3n) is 6.11. The lowest BCUT2D eigenvalue weighted by Gasteiger charge is -2.34. The Kier molecular flexibility index (Phi) is 12.7. The summed E-state index contributed by atoms with van der Waals surface area (Å²) in [5.74, 6) is -0.801. The summed E-state index contributed by atoms with van der Waals surface area (Å²) in [6.45, 7) is 6.60. The highest BCUT2D eigenvalue weighted by Gasteiger charge is 2.37. The van der Waals surface area contributed by atoms with Gasteiger partial charge in [0.05, 0.1) is 13.7 Å². The van der Waals surface area contributed by atoms with Crippen molar-refractivity contribution in [2.45, 2.75) is 77.5 Å². The first kappa shape index (κ1) is 32.4. The van der Waals surface area contributed by atoms with Gasteiger partial charge in [0.2, 0.25) is 5.91 Å². The smallest absolute Gasteiger partial charge is 0.408 e. The number of amides is 3. The molecule has 0 saturated heterocycles. The van der Waals surface area contributed by atoms with Gasteiger partial charge in [-0.05, 0) is 57.5 Å². The Balaban J connectivity index is 2.46. The van der Waals surface area contributed by atoms with Crippen molar-refractivity contribution in [3.8, 4) is 11.5 Å². The first-order valence-electron chi connectivity index (χ1n) is 13.6. The van der Waals surface area contributed by atoms with Crippen LogP contribution in [0.1, 0.15) is 71.4 Å². The fraction of sp³-hybridized carbons (Fsp3) is 0.500. The zero-order valence-corrected chi connectivity index (χ0v) is 24.1. The number of unbranched alkanes of at least 4 members (excludes halogenated alkanes) is 4. The van der Waals surface area contributed by atoms with Gasteiger partial charge in [0.15, 0.2) is 0 Å². The minimum Gasteiger partial charge on any atom is -0.508 e.